The molecule has 0 fully saturated rings. The lowest BCUT2D eigenvalue weighted by Gasteiger charge is -2.07. The van der Waals surface area contributed by atoms with Crippen molar-refractivity contribution < 1.29 is 19.0 Å². The molecule has 0 spiro atoms. The molecule has 0 aromatic heterocycles. The van der Waals surface area contributed by atoms with Gasteiger partial charge in [-0.25, -0.2) is 9.79 Å². The summed E-state index contributed by atoms with van der Waals surface area (Å²) in [6, 6.07) is 13.3. The van der Waals surface area contributed by atoms with Gasteiger partial charge in [-0.2, -0.15) is 0 Å². The topological polar surface area (TPSA) is 57.1 Å². The number of nitrogens with zero attached hydrogens (tertiary/aromatic N) is 1. The van der Waals surface area contributed by atoms with Crippen molar-refractivity contribution in [2.24, 2.45) is 4.99 Å². The van der Waals surface area contributed by atoms with E-state index < -0.39 is 5.97 Å². The fourth-order valence-corrected chi connectivity index (χ4v) is 2.43. The first-order valence-corrected chi connectivity index (χ1v) is 8.08. The van der Waals surface area contributed by atoms with Crippen LogP contribution >= 0.6 is 0 Å². The van der Waals surface area contributed by atoms with Gasteiger partial charge in [0.2, 0.25) is 5.90 Å². The Labute approximate surface area is 152 Å². The zero-order valence-corrected chi connectivity index (χ0v) is 14.9. The molecule has 0 atom stereocenters. The first-order valence-electron chi connectivity index (χ1n) is 8.08. The van der Waals surface area contributed by atoms with E-state index in [0.717, 1.165) is 5.56 Å². The van der Waals surface area contributed by atoms with Gasteiger partial charge in [0.1, 0.15) is 11.5 Å². The van der Waals surface area contributed by atoms with Gasteiger partial charge in [0.25, 0.3) is 0 Å². The van der Waals surface area contributed by atoms with Crippen LogP contribution in [0, 0.1) is 6.92 Å². The summed E-state index contributed by atoms with van der Waals surface area (Å²) in [6.45, 7) is 2.03. The molecule has 5 heteroatoms. The molecule has 26 heavy (non-hydrogen) atoms. The third-order valence-corrected chi connectivity index (χ3v) is 3.87. The third kappa shape index (κ3) is 4.00. The van der Waals surface area contributed by atoms with Crippen molar-refractivity contribution in [1.82, 2.24) is 0 Å². The van der Waals surface area contributed by atoms with Crippen LogP contribution in [-0.4, -0.2) is 26.1 Å². The van der Waals surface area contributed by atoms with E-state index in [4.69, 9.17) is 14.2 Å². The van der Waals surface area contributed by atoms with Crippen LogP contribution < -0.4 is 9.47 Å². The highest BCUT2D eigenvalue weighted by Crippen LogP contribution is 2.28. The monoisotopic (exact) mass is 349 g/mol. The lowest BCUT2D eigenvalue weighted by atomic mass is 10.1. The molecule has 0 aliphatic carbocycles. The van der Waals surface area contributed by atoms with Gasteiger partial charge in [-0.1, -0.05) is 29.8 Å². The summed E-state index contributed by atoms with van der Waals surface area (Å²) in [5.41, 5.74) is 3.12. The second kappa shape index (κ2) is 7.70. The van der Waals surface area contributed by atoms with Gasteiger partial charge in [0, 0.05) is 17.7 Å². The summed E-state index contributed by atoms with van der Waals surface area (Å²) >= 11 is 0. The number of hydrogen-bond acceptors (Lipinski definition) is 5. The number of benzene rings is 2. The fraction of sp³-hybridized carbons (Fsp3) is 0.143. The van der Waals surface area contributed by atoms with Crippen LogP contribution in [0.4, 0.5) is 0 Å². The highest BCUT2D eigenvalue weighted by Gasteiger charge is 2.21. The Morgan fingerprint density at radius 3 is 2.46 bits per heavy atom. The van der Waals surface area contributed by atoms with Crippen LogP contribution in [-0.2, 0) is 9.53 Å². The summed E-state index contributed by atoms with van der Waals surface area (Å²) in [5.74, 6) is 1.02. The highest BCUT2D eigenvalue weighted by atomic mass is 16.6. The van der Waals surface area contributed by atoms with Crippen LogP contribution in [0.1, 0.15) is 16.7 Å². The molecule has 2 aromatic carbocycles. The first kappa shape index (κ1) is 17.5. The van der Waals surface area contributed by atoms with E-state index in [1.54, 1.807) is 44.6 Å². The number of methoxy groups -OCH3 is 2. The Bertz CT molecular complexity index is 908. The molecule has 2 aromatic rings. The highest BCUT2D eigenvalue weighted by molar-refractivity contribution is 6.11. The van der Waals surface area contributed by atoms with Crippen molar-refractivity contribution in [2.75, 3.05) is 14.2 Å². The molecule has 0 N–H and O–H groups in total. The molecule has 0 amide bonds. The molecule has 1 aliphatic rings. The summed E-state index contributed by atoms with van der Waals surface area (Å²) in [7, 11) is 3.14. The average Bonchev–Trinajstić information content (AvgIpc) is 3.01. The summed E-state index contributed by atoms with van der Waals surface area (Å²) in [4.78, 5) is 16.3. The maximum Gasteiger partial charge on any atom is 0.363 e. The second-order valence-corrected chi connectivity index (χ2v) is 5.72. The molecule has 0 unspecified atom stereocenters. The van der Waals surface area contributed by atoms with Crippen LogP contribution in [0.15, 0.2) is 59.2 Å². The average molecular weight is 349 g/mol. The van der Waals surface area contributed by atoms with E-state index in [2.05, 4.69) is 4.99 Å². The molecular weight excluding hydrogens is 330 g/mol. The van der Waals surface area contributed by atoms with E-state index in [1.165, 1.54) is 5.56 Å². The predicted molar refractivity (Wildman–Crippen MR) is 101 cm³/mol. The van der Waals surface area contributed by atoms with Gasteiger partial charge in [-0.3, -0.25) is 0 Å². The first-order chi connectivity index (χ1) is 12.6. The van der Waals surface area contributed by atoms with Crippen LogP contribution in [0.2, 0.25) is 0 Å². The fourth-order valence-electron chi connectivity index (χ4n) is 2.43. The number of esters is 1. The standard InChI is InChI=1S/C21H19NO4/c1-14-4-6-15(7-5-14)8-11-20-22-18(21(23)26-20)12-16-9-10-17(24-2)13-19(16)25-3/h4-13H,1-3H3. The van der Waals surface area contributed by atoms with Gasteiger partial charge in [0.05, 0.1) is 14.2 Å². The summed E-state index contributed by atoms with van der Waals surface area (Å²) in [5, 5.41) is 0. The Balaban J connectivity index is 1.83. The minimum absolute atomic E-state index is 0.219. The molecule has 1 heterocycles. The molecule has 5 nitrogen and oxygen atoms in total. The molecular formula is C21H19NO4. The largest absolute Gasteiger partial charge is 0.497 e. The number of carbonyl (C=O) groups is 1. The maximum atomic E-state index is 12.1. The third-order valence-electron chi connectivity index (χ3n) is 3.87. The van der Waals surface area contributed by atoms with Gasteiger partial charge in [-0.15, -0.1) is 0 Å². The van der Waals surface area contributed by atoms with E-state index in [0.29, 0.717) is 17.1 Å². The van der Waals surface area contributed by atoms with Crippen molar-refractivity contribution in [3.8, 4) is 11.5 Å². The van der Waals surface area contributed by atoms with Crippen molar-refractivity contribution in [3.05, 3.63) is 70.9 Å². The molecule has 0 saturated carbocycles. The van der Waals surface area contributed by atoms with E-state index in [-0.39, 0.29) is 11.6 Å². The predicted octanol–water partition coefficient (Wildman–Crippen LogP) is 4.02. The zero-order chi connectivity index (χ0) is 18.5. The zero-order valence-electron chi connectivity index (χ0n) is 14.9. The number of aryl methyl sites for hydroxylation is 1. The number of ether oxygens (including phenoxy) is 3. The molecule has 1 aliphatic heterocycles. The van der Waals surface area contributed by atoms with Crippen LogP contribution in [0.5, 0.6) is 11.5 Å². The number of carbonyl (C=O) groups excluding carboxylic acids is 1. The Morgan fingerprint density at radius 2 is 1.77 bits per heavy atom. The number of cyclic esters (lactones) is 1. The minimum atomic E-state index is -0.494. The summed E-state index contributed by atoms with van der Waals surface area (Å²) < 4.78 is 15.7. The quantitative estimate of drug-likeness (QED) is 0.604. The van der Waals surface area contributed by atoms with E-state index in [1.807, 2.05) is 37.3 Å². The van der Waals surface area contributed by atoms with Gasteiger partial charge in [0.15, 0.2) is 5.70 Å². The number of rotatable bonds is 5. The lowest BCUT2D eigenvalue weighted by Crippen LogP contribution is -2.01. The van der Waals surface area contributed by atoms with Crippen LogP contribution in [0.25, 0.3) is 12.2 Å². The molecule has 0 radical (unpaired) electrons. The smallest absolute Gasteiger partial charge is 0.363 e. The normalized spacial score (nSPS) is 15.3. The second-order valence-electron chi connectivity index (χ2n) is 5.72. The Hall–Kier alpha value is -3.34. The van der Waals surface area contributed by atoms with Crippen molar-refractivity contribution in [3.63, 3.8) is 0 Å². The summed E-state index contributed by atoms with van der Waals surface area (Å²) in [6.07, 6.45) is 5.16. The van der Waals surface area contributed by atoms with Gasteiger partial charge >= 0.3 is 5.97 Å². The maximum absolute atomic E-state index is 12.1. The lowest BCUT2D eigenvalue weighted by molar-refractivity contribution is -0.129. The minimum Gasteiger partial charge on any atom is -0.497 e. The van der Waals surface area contributed by atoms with Crippen molar-refractivity contribution in [2.45, 2.75) is 6.92 Å². The van der Waals surface area contributed by atoms with E-state index in [9.17, 15) is 4.79 Å². The number of hydrogen-bond donors (Lipinski definition) is 0. The molecule has 132 valence electrons. The molecule has 3 rings (SSSR count). The van der Waals surface area contributed by atoms with Crippen LogP contribution in [0.3, 0.4) is 0 Å². The SMILES string of the molecule is COc1ccc(C=C2N=C(C=Cc3ccc(C)cc3)OC2=O)c(OC)c1. The van der Waals surface area contributed by atoms with Gasteiger partial charge < -0.3 is 14.2 Å². The van der Waals surface area contributed by atoms with E-state index >= 15 is 0 Å². The Kier molecular flexibility index (Phi) is 5.17. The Morgan fingerprint density at radius 1 is 1.00 bits per heavy atom. The van der Waals surface area contributed by atoms with Crippen molar-refractivity contribution in [1.29, 1.82) is 0 Å². The number of aliphatic imine (C=N–C) groups is 1. The molecule has 0 saturated heterocycles. The molecule has 0 bridgehead atoms. The van der Waals surface area contributed by atoms with Crippen molar-refractivity contribution >= 4 is 24.0 Å². The van der Waals surface area contributed by atoms with Gasteiger partial charge in [-0.05, 0) is 36.8 Å².